The van der Waals surface area contributed by atoms with Gasteiger partial charge in [-0.1, -0.05) is 24.3 Å². The van der Waals surface area contributed by atoms with E-state index in [9.17, 15) is 18.0 Å². The topological polar surface area (TPSA) is 54.9 Å². The van der Waals surface area contributed by atoms with Gasteiger partial charge < -0.3 is 0 Å². The van der Waals surface area contributed by atoms with Crippen LogP contribution in [0.1, 0.15) is 43.9 Å². The molecule has 1 aliphatic heterocycles. The van der Waals surface area contributed by atoms with E-state index in [1.165, 1.54) is 12.1 Å². The third kappa shape index (κ3) is 5.40. The predicted molar refractivity (Wildman–Crippen MR) is 134 cm³/mol. The number of aliphatic imine (C=N–C) groups is 2. The van der Waals surface area contributed by atoms with Gasteiger partial charge in [0.05, 0.1) is 16.6 Å². The monoisotopic (exact) mass is 485 g/mol. The van der Waals surface area contributed by atoms with Crippen molar-refractivity contribution in [3.8, 4) is 0 Å². The van der Waals surface area contributed by atoms with Crippen molar-refractivity contribution >= 4 is 22.6 Å². The van der Waals surface area contributed by atoms with Crippen molar-refractivity contribution in [1.29, 1.82) is 0 Å². The number of imidazole rings is 1. The Morgan fingerprint density at radius 2 is 1.66 bits per heavy atom. The molecule has 1 fully saturated rings. The van der Waals surface area contributed by atoms with Crippen LogP contribution in [0.2, 0.25) is 0 Å². The van der Waals surface area contributed by atoms with Crippen LogP contribution in [0.25, 0.3) is 11.0 Å². The van der Waals surface area contributed by atoms with Crippen LogP contribution >= 0.6 is 0 Å². The lowest BCUT2D eigenvalue weighted by atomic mass is 10.0. The third-order valence-corrected chi connectivity index (χ3v) is 6.45. The zero-order valence-electron chi connectivity index (χ0n) is 20.2. The van der Waals surface area contributed by atoms with Crippen LogP contribution < -0.4 is 5.69 Å². The second-order valence-electron chi connectivity index (χ2n) is 8.93. The van der Waals surface area contributed by atoms with E-state index in [1.54, 1.807) is 4.57 Å². The Labute approximate surface area is 202 Å². The van der Waals surface area contributed by atoms with Gasteiger partial charge in [0.25, 0.3) is 0 Å². The molecule has 3 aromatic rings. The number of amidine groups is 1. The molecule has 0 saturated carbocycles. The van der Waals surface area contributed by atoms with E-state index in [2.05, 4.69) is 14.9 Å². The van der Waals surface area contributed by atoms with Gasteiger partial charge in [-0.05, 0) is 51.0 Å². The molecule has 0 amide bonds. The molecule has 0 aliphatic carbocycles. The van der Waals surface area contributed by atoms with Gasteiger partial charge in [-0.2, -0.15) is 13.2 Å². The van der Waals surface area contributed by atoms with E-state index in [0.29, 0.717) is 24.5 Å². The van der Waals surface area contributed by atoms with Gasteiger partial charge in [0.15, 0.2) is 5.84 Å². The van der Waals surface area contributed by atoms with Gasteiger partial charge in [0.2, 0.25) is 0 Å². The first-order valence-electron chi connectivity index (χ1n) is 11.8. The fourth-order valence-electron chi connectivity index (χ4n) is 4.70. The largest absolute Gasteiger partial charge is 0.416 e. The molecule has 2 heterocycles. The third-order valence-electron chi connectivity index (χ3n) is 6.45. The van der Waals surface area contributed by atoms with E-state index >= 15 is 0 Å². The number of aromatic nitrogens is 2. The van der Waals surface area contributed by atoms with Gasteiger partial charge in [-0.15, -0.1) is 0 Å². The molecular weight excluding hydrogens is 455 g/mol. The molecule has 0 bridgehead atoms. The summed E-state index contributed by atoms with van der Waals surface area (Å²) in [6.07, 6.45) is -2.66. The number of hydrogen-bond acceptors (Lipinski definition) is 3. The maximum Gasteiger partial charge on any atom is 0.416 e. The van der Waals surface area contributed by atoms with Crippen LogP contribution in [-0.2, 0) is 13.2 Å². The molecule has 1 aromatic heterocycles. The number of alkyl halides is 3. The molecule has 1 saturated heterocycles. The molecule has 0 unspecified atom stereocenters. The number of para-hydroxylation sites is 2. The summed E-state index contributed by atoms with van der Waals surface area (Å²) in [5.41, 5.74) is 2.64. The highest BCUT2D eigenvalue weighted by atomic mass is 19.4. The summed E-state index contributed by atoms with van der Waals surface area (Å²) in [7, 11) is 1.81. The molecule has 0 radical (unpaired) electrons. The van der Waals surface area contributed by atoms with E-state index in [-0.39, 0.29) is 11.7 Å². The molecular formula is C26H30F3N5O. The zero-order chi connectivity index (χ0) is 25.2. The summed E-state index contributed by atoms with van der Waals surface area (Å²) in [5.74, 6) is 0.441. The lowest BCUT2D eigenvalue weighted by Crippen LogP contribution is -2.39. The number of hydrogen-bond donors (Lipinski definition) is 0. The van der Waals surface area contributed by atoms with Crippen LogP contribution in [-0.4, -0.2) is 51.8 Å². The summed E-state index contributed by atoms with van der Waals surface area (Å²) in [4.78, 5) is 24.2. The molecule has 9 heteroatoms. The molecule has 2 aromatic carbocycles. The van der Waals surface area contributed by atoms with Crippen LogP contribution in [0.3, 0.4) is 0 Å². The van der Waals surface area contributed by atoms with Gasteiger partial charge in [-0.25, -0.2) is 9.79 Å². The first-order chi connectivity index (χ1) is 16.7. The maximum atomic E-state index is 12.9. The van der Waals surface area contributed by atoms with E-state index < -0.39 is 11.7 Å². The molecule has 186 valence electrons. The normalized spacial score (nSPS) is 16.9. The predicted octanol–water partition coefficient (Wildman–Crippen LogP) is 4.92. The van der Waals surface area contributed by atoms with E-state index in [1.807, 2.05) is 49.7 Å². The van der Waals surface area contributed by atoms with E-state index in [4.69, 9.17) is 0 Å². The van der Waals surface area contributed by atoms with Gasteiger partial charge >= 0.3 is 11.9 Å². The highest BCUT2D eigenvalue weighted by molar-refractivity contribution is 6.07. The number of likely N-dealkylation sites (tertiary alicyclic amines) is 1. The Bertz CT molecular complexity index is 1290. The maximum absolute atomic E-state index is 12.9. The second-order valence-corrected chi connectivity index (χ2v) is 8.93. The van der Waals surface area contributed by atoms with Crippen molar-refractivity contribution < 1.29 is 13.2 Å². The average molecular weight is 486 g/mol. The molecule has 0 N–H and O–H groups in total. The Balaban J connectivity index is 1.43. The summed E-state index contributed by atoms with van der Waals surface area (Å²) in [6, 6.07) is 13.0. The number of fused-ring (bicyclic) bond motifs is 1. The van der Waals surface area contributed by atoms with Crippen LogP contribution in [0.15, 0.2) is 63.3 Å². The fraction of sp³-hybridized carbons (Fsp3) is 0.423. The number of benzene rings is 2. The van der Waals surface area contributed by atoms with Gasteiger partial charge in [-0.3, -0.25) is 19.0 Å². The molecule has 0 spiro atoms. The molecule has 1 aliphatic rings. The van der Waals surface area contributed by atoms with Gasteiger partial charge in [0.1, 0.15) is 0 Å². The van der Waals surface area contributed by atoms with Crippen LogP contribution in [0.4, 0.5) is 13.2 Å². The fourth-order valence-corrected chi connectivity index (χ4v) is 4.70. The number of nitrogens with zero attached hydrogens (tertiary/aromatic N) is 5. The summed E-state index contributed by atoms with van der Waals surface area (Å²) in [5, 5.41) is 0. The Morgan fingerprint density at radius 1 is 1.03 bits per heavy atom. The number of rotatable bonds is 5. The standard InChI is InChI=1S/C26H30F3N5O/c1-4-30-24(19-9-11-20(12-10-19)26(27,28)29)31-18(2)17-33-15-13-21(14-16-33)34-23-8-6-5-7-22(23)32(3)25(34)35/h5-12,21H,4,13-17H2,1-3H3. The summed E-state index contributed by atoms with van der Waals surface area (Å²) >= 11 is 0. The minimum Gasteiger partial charge on any atom is -0.298 e. The SMILES string of the molecule is CCN=C(N=C(C)CN1CCC(n2c(=O)n(C)c3ccccc32)CC1)c1ccc(C(F)(F)F)cc1. The highest BCUT2D eigenvalue weighted by Crippen LogP contribution is 2.29. The van der Waals surface area contributed by atoms with Crippen molar-refractivity contribution in [2.75, 3.05) is 26.2 Å². The number of aryl methyl sites for hydroxylation is 1. The summed E-state index contributed by atoms with van der Waals surface area (Å²) in [6.45, 7) is 6.56. The first-order valence-corrected chi connectivity index (χ1v) is 11.8. The Morgan fingerprint density at radius 3 is 2.26 bits per heavy atom. The quantitative estimate of drug-likeness (QED) is 0.380. The average Bonchev–Trinajstić information content (AvgIpc) is 3.09. The molecule has 0 atom stereocenters. The number of piperidine rings is 1. The molecule has 6 nitrogen and oxygen atoms in total. The first kappa shape index (κ1) is 24.9. The number of halogens is 3. The minimum absolute atomic E-state index is 0.0133. The van der Waals surface area contributed by atoms with Crippen molar-refractivity contribution in [1.82, 2.24) is 14.0 Å². The van der Waals surface area contributed by atoms with Crippen molar-refractivity contribution in [2.45, 2.75) is 38.9 Å². The van der Waals surface area contributed by atoms with Crippen molar-refractivity contribution in [2.24, 2.45) is 17.0 Å². The Kier molecular flexibility index (Phi) is 7.25. The van der Waals surface area contributed by atoms with Crippen molar-refractivity contribution in [3.63, 3.8) is 0 Å². The van der Waals surface area contributed by atoms with E-state index in [0.717, 1.165) is 54.8 Å². The lowest BCUT2D eigenvalue weighted by molar-refractivity contribution is -0.137. The van der Waals surface area contributed by atoms with Crippen molar-refractivity contribution in [3.05, 3.63) is 70.1 Å². The summed E-state index contributed by atoms with van der Waals surface area (Å²) < 4.78 is 42.3. The smallest absolute Gasteiger partial charge is 0.298 e. The highest BCUT2D eigenvalue weighted by Gasteiger charge is 2.30. The van der Waals surface area contributed by atoms with Crippen LogP contribution in [0.5, 0.6) is 0 Å². The minimum atomic E-state index is -4.37. The Hall–Kier alpha value is -3.20. The second kappa shape index (κ2) is 10.2. The molecule has 35 heavy (non-hydrogen) atoms. The van der Waals surface area contributed by atoms with Crippen LogP contribution in [0, 0.1) is 0 Å². The molecule has 4 rings (SSSR count). The van der Waals surface area contributed by atoms with Gasteiger partial charge in [0, 0.05) is 50.5 Å². The lowest BCUT2D eigenvalue weighted by Gasteiger charge is -2.32. The zero-order valence-corrected chi connectivity index (χ0v) is 20.2.